The molecule has 0 unspecified atom stereocenters. The van der Waals surface area contributed by atoms with Crippen molar-refractivity contribution in [1.29, 1.82) is 0 Å². The van der Waals surface area contributed by atoms with Gasteiger partial charge in [0.1, 0.15) is 5.82 Å². The first-order valence-corrected chi connectivity index (χ1v) is 6.29. The van der Waals surface area contributed by atoms with Crippen LogP contribution in [0.2, 0.25) is 5.02 Å². The molecule has 0 atom stereocenters. The Kier molecular flexibility index (Phi) is 4.28. The zero-order chi connectivity index (χ0) is 13.0. The lowest BCUT2D eigenvalue weighted by molar-refractivity contribution is 0.281. The molecule has 18 heavy (non-hydrogen) atoms. The number of aryl methyl sites for hydroxylation is 1. The van der Waals surface area contributed by atoms with Gasteiger partial charge in [-0.25, -0.2) is 9.97 Å². The van der Waals surface area contributed by atoms with Gasteiger partial charge in [-0.2, -0.15) is 0 Å². The van der Waals surface area contributed by atoms with Crippen LogP contribution in [0.3, 0.4) is 0 Å². The minimum Gasteiger partial charge on any atom is -0.392 e. The van der Waals surface area contributed by atoms with Gasteiger partial charge in [-0.1, -0.05) is 42.8 Å². The van der Waals surface area contributed by atoms with Crippen molar-refractivity contribution in [3.8, 4) is 0 Å². The summed E-state index contributed by atoms with van der Waals surface area (Å²) < 4.78 is 0. The maximum Gasteiger partial charge on any atom is 0.128 e. The van der Waals surface area contributed by atoms with Crippen molar-refractivity contribution in [2.45, 2.75) is 26.4 Å². The topological polar surface area (TPSA) is 46.0 Å². The van der Waals surface area contributed by atoms with Gasteiger partial charge in [-0.15, -0.1) is 0 Å². The van der Waals surface area contributed by atoms with Gasteiger partial charge in [0.05, 0.1) is 17.3 Å². The quantitative estimate of drug-likeness (QED) is 0.922. The van der Waals surface area contributed by atoms with Crippen LogP contribution < -0.4 is 0 Å². The molecule has 1 aromatic carbocycles. The van der Waals surface area contributed by atoms with Crippen LogP contribution >= 0.6 is 11.6 Å². The number of aromatic nitrogens is 2. The van der Waals surface area contributed by atoms with Crippen LogP contribution in [0.15, 0.2) is 30.5 Å². The second kappa shape index (κ2) is 5.94. The fourth-order valence-corrected chi connectivity index (χ4v) is 1.93. The summed E-state index contributed by atoms with van der Waals surface area (Å²) in [5.74, 6) is 0.799. The summed E-state index contributed by atoms with van der Waals surface area (Å²) in [5.41, 5.74) is 2.82. The number of rotatable bonds is 4. The van der Waals surface area contributed by atoms with Gasteiger partial charge in [-0.3, -0.25) is 0 Å². The van der Waals surface area contributed by atoms with E-state index in [9.17, 15) is 0 Å². The summed E-state index contributed by atoms with van der Waals surface area (Å²) in [6.45, 7) is 2.06. The maximum absolute atomic E-state index is 9.11. The summed E-state index contributed by atoms with van der Waals surface area (Å²) in [6.07, 6.45) is 3.10. The number of aliphatic hydroxyl groups is 1. The van der Waals surface area contributed by atoms with Crippen molar-refractivity contribution in [1.82, 2.24) is 9.97 Å². The standard InChI is InChI=1S/C14H15ClN2O/c1-2-14-16-8-12(15)13(17-14)7-10-4-3-5-11(6-10)9-18/h3-6,8,18H,2,7,9H2,1H3. The Morgan fingerprint density at radius 1 is 1.28 bits per heavy atom. The molecule has 0 aliphatic rings. The first-order valence-electron chi connectivity index (χ1n) is 5.92. The van der Waals surface area contributed by atoms with Crippen LogP contribution in [0.4, 0.5) is 0 Å². The van der Waals surface area contributed by atoms with Gasteiger partial charge < -0.3 is 5.11 Å². The molecule has 1 N–H and O–H groups in total. The van der Waals surface area contributed by atoms with Crippen LogP contribution in [-0.2, 0) is 19.4 Å². The largest absolute Gasteiger partial charge is 0.392 e. The second-order valence-electron chi connectivity index (χ2n) is 4.09. The summed E-state index contributed by atoms with van der Waals surface area (Å²) in [7, 11) is 0. The number of benzene rings is 1. The minimum absolute atomic E-state index is 0.0472. The van der Waals surface area contributed by atoms with Gasteiger partial charge in [0.15, 0.2) is 0 Å². The molecule has 1 aromatic heterocycles. The van der Waals surface area contributed by atoms with E-state index in [-0.39, 0.29) is 6.61 Å². The minimum atomic E-state index is 0.0472. The third kappa shape index (κ3) is 3.06. The molecule has 0 radical (unpaired) electrons. The molecule has 0 saturated heterocycles. The van der Waals surface area contributed by atoms with E-state index in [1.165, 1.54) is 0 Å². The Balaban J connectivity index is 2.27. The fraction of sp³-hybridized carbons (Fsp3) is 0.286. The molecule has 0 aliphatic heterocycles. The van der Waals surface area contributed by atoms with Crippen molar-refractivity contribution in [2.75, 3.05) is 0 Å². The van der Waals surface area contributed by atoms with Crippen molar-refractivity contribution in [2.24, 2.45) is 0 Å². The van der Waals surface area contributed by atoms with E-state index in [0.29, 0.717) is 11.4 Å². The number of nitrogens with zero attached hydrogens (tertiary/aromatic N) is 2. The summed E-state index contributed by atoms with van der Waals surface area (Å²) >= 11 is 6.10. The lowest BCUT2D eigenvalue weighted by Gasteiger charge is -2.06. The highest BCUT2D eigenvalue weighted by Crippen LogP contribution is 2.17. The predicted molar refractivity (Wildman–Crippen MR) is 71.6 cm³/mol. The van der Waals surface area contributed by atoms with E-state index in [2.05, 4.69) is 9.97 Å². The molecule has 0 spiro atoms. The van der Waals surface area contributed by atoms with E-state index < -0.39 is 0 Å². The van der Waals surface area contributed by atoms with E-state index in [4.69, 9.17) is 16.7 Å². The second-order valence-corrected chi connectivity index (χ2v) is 4.50. The Hall–Kier alpha value is -1.45. The first kappa shape index (κ1) is 13.0. The van der Waals surface area contributed by atoms with Crippen molar-refractivity contribution in [3.05, 3.63) is 58.1 Å². The molecule has 0 saturated carbocycles. The van der Waals surface area contributed by atoms with E-state index in [1.54, 1.807) is 6.20 Å². The van der Waals surface area contributed by atoms with Crippen LogP contribution in [-0.4, -0.2) is 15.1 Å². The molecule has 0 bridgehead atoms. The molecule has 0 fully saturated rings. The fourth-order valence-electron chi connectivity index (χ4n) is 1.77. The molecule has 94 valence electrons. The normalized spacial score (nSPS) is 10.6. The third-order valence-corrected chi connectivity index (χ3v) is 3.04. The molecule has 2 rings (SSSR count). The highest BCUT2D eigenvalue weighted by Gasteiger charge is 2.06. The molecule has 3 nitrogen and oxygen atoms in total. The van der Waals surface area contributed by atoms with Gasteiger partial charge in [0.2, 0.25) is 0 Å². The number of aliphatic hydroxyl groups excluding tert-OH is 1. The average Bonchev–Trinajstić information content (AvgIpc) is 2.41. The predicted octanol–water partition coefficient (Wildman–Crippen LogP) is 2.78. The molecule has 4 heteroatoms. The molecule has 0 aliphatic carbocycles. The highest BCUT2D eigenvalue weighted by atomic mass is 35.5. The number of hydrogen-bond acceptors (Lipinski definition) is 3. The van der Waals surface area contributed by atoms with Crippen LogP contribution in [0, 0.1) is 0 Å². The van der Waals surface area contributed by atoms with Crippen LogP contribution in [0.1, 0.15) is 29.6 Å². The maximum atomic E-state index is 9.11. The Morgan fingerprint density at radius 2 is 2.06 bits per heavy atom. The van der Waals surface area contributed by atoms with E-state index in [1.807, 2.05) is 31.2 Å². The molecule has 2 aromatic rings. The molecule has 1 heterocycles. The molecule has 0 amide bonds. The average molecular weight is 263 g/mol. The summed E-state index contributed by atoms with van der Waals surface area (Å²) in [5, 5.41) is 9.70. The summed E-state index contributed by atoms with van der Waals surface area (Å²) in [4.78, 5) is 8.59. The first-order chi connectivity index (χ1) is 8.72. The van der Waals surface area contributed by atoms with Crippen LogP contribution in [0.5, 0.6) is 0 Å². The zero-order valence-corrected chi connectivity index (χ0v) is 11.0. The SMILES string of the molecule is CCc1ncc(Cl)c(Cc2cccc(CO)c2)n1. The van der Waals surface area contributed by atoms with Crippen molar-refractivity contribution >= 4 is 11.6 Å². The molecular formula is C14H15ClN2O. The van der Waals surface area contributed by atoms with Gasteiger partial charge in [0.25, 0.3) is 0 Å². The smallest absolute Gasteiger partial charge is 0.128 e. The van der Waals surface area contributed by atoms with E-state index >= 15 is 0 Å². The van der Waals surface area contributed by atoms with Gasteiger partial charge in [-0.05, 0) is 11.1 Å². The number of halogens is 1. The Morgan fingerprint density at radius 3 is 2.78 bits per heavy atom. The molecular weight excluding hydrogens is 248 g/mol. The van der Waals surface area contributed by atoms with Crippen LogP contribution in [0.25, 0.3) is 0 Å². The monoisotopic (exact) mass is 262 g/mol. The van der Waals surface area contributed by atoms with E-state index in [0.717, 1.165) is 29.1 Å². The van der Waals surface area contributed by atoms with Crippen molar-refractivity contribution < 1.29 is 5.11 Å². The Bertz CT molecular complexity index is 543. The zero-order valence-electron chi connectivity index (χ0n) is 10.2. The summed E-state index contributed by atoms with van der Waals surface area (Å²) in [6, 6.07) is 7.78. The van der Waals surface area contributed by atoms with Gasteiger partial charge in [0, 0.05) is 19.0 Å². The highest BCUT2D eigenvalue weighted by molar-refractivity contribution is 6.31. The van der Waals surface area contributed by atoms with Gasteiger partial charge >= 0.3 is 0 Å². The van der Waals surface area contributed by atoms with Crippen molar-refractivity contribution in [3.63, 3.8) is 0 Å². The third-order valence-electron chi connectivity index (χ3n) is 2.73. The lowest BCUT2D eigenvalue weighted by atomic mass is 10.1. The Labute approximate surface area is 111 Å². The lowest BCUT2D eigenvalue weighted by Crippen LogP contribution is -2.00. The number of hydrogen-bond donors (Lipinski definition) is 1.